The van der Waals surface area contributed by atoms with Crippen molar-refractivity contribution in [1.29, 1.82) is 0 Å². The molecule has 2 nitrogen and oxygen atoms in total. The second-order valence-corrected chi connectivity index (χ2v) is 8.62. The molecule has 1 atom stereocenters. The lowest BCUT2D eigenvalue weighted by Gasteiger charge is -2.10. The molecule has 0 saturated heterocycles. The van der Waals surface area contributed by atoms with Crippen LogP contribution in [0.5, 0.6) is 5.75 Å². The van der Waals surface area contributed by atoms with Crippen LogP contribution in [0.25, 0.3) is 0 Å². The molecule has 0 fully saturated rings. The van der Waals surface area contributed by atoms with Crippen LogP contribution in [-0.4, -0.2) is 11.7 Å². The number of rotatable bonds is 4. The summed E-state index contributed by atoms with van der Waals surface area (Å²) in [7, 11) is 0. The lowest BCUT2D eigenvalue weighted by atomic mass is 10.0. The molecule has 5 heteroatoms. The molecule has 1 aliphatic heterocycles. The van der Waals surface area contributed by atoms with Crippen LogP contribution < -0.4 is 4.74 Å². The van der Waals surface area contributed by atoms with Gasteiger partial charge < -0.3 is 9.84 Å². The molecule has 0 amide bonds. The van der Waals surface area contributed by atoms with E-state index in [1.807, 2.05) is 12.1 Å². The Morgan fingerprint density at radius 3 is 2.90 bits per heavy atom. The molecular formula is C15H14Br2O2S. The topological polar surface area (TPSA) is 29.5 Å². The molecule has 0 radical (unpaired) electrons. The zero-order valence-electron chi connectivity index (χ0n) is 10.7. The lowest BCUT2D eigenvalue weighted by Crippen LogP contribution is -1.99. The largest absolute Gasteiger partial charge is 0.493 e. The summed E-state index contributed by atoms with van der Waals surface area (Å²) < 4.78 is 7.54. The van der Waals surface area contributed by atoms with Crippen LogP contribution in [0.4, 0.5) is 0 Å². The zero-order chi connectivity index (χ0) is 14.1. The minimum absolute atomic E-state index is 0.434. The highest BCUT2D eigenvalue weighted by atomic mass is 79.9. The van der Waals surface area contributed by atoms with Gasteiger partial charge in [0, 0.05) is 12.0 Å². The molecule has 1 aromatic carbocycles. The minimum atomic E-state index is -0.434. The number of fused-ring (bicyclic) bond motifs is 1. The van der Waals surface area contributed by atoms with Gasteiger partial charge in [-0.2, -0.15) is 0 Å². The quantitative estimate of drug-likeness (QED) is 0.768. The third-order valence-corrected chi connectivity index (χ3v) is 5.89. The highest BCUT2D eigenvalue weighted by molar-refractivity contribution is 9.12. The van der Waals surface area contributed by atoms with Crippen molar-refractivity contribution >= 4 is 43.2 Å². The van der Waals surface area contributed by atoms with Gasteiger partial charge in [0.2, 0.25) is 0 Å². The number of hydrogen-bond acceptors (Lipinski definition) is 3. The van der Waals surface area contributed by atoms with E-state index in [0.29, 0.717) is 0 Å². The van der Waals surface area contributed by atoms with E-state index in [4.69, 9.17) is 4.74 Å². The maximum atomic E-state index is 10.3. The summed E-state index contributed by atoms with van der Waals surface area (Å²) in [6, 6.07) is 8.32. The first kappa shape index (κ1) is 14.6. The van der Waals surface area contributed by atoms with Gasteiger partial charge in [0.1, 0.15) is 5.75 Å². The molecule has 2 aromatic rings. The molecular weight excluding hydrogens is 404 g/mol. The first-order valence-corrected chi connectivity index (χ1v) is 8.91. The third-order valence-electron chi connectivity index (χ3n) is 3.50. The molecule has 2 heterocycles. The third kappa shape index (κ3) is 3.11. The Morgan fingerprint density at radius 1 is 1.30 bits per heavy atom. The number of ether oxygens (including phenoxy) is 1. The highest BCUT2D eigenvalue weighted by Crippen LogP contribution is 2.37. The number of benzene rings is 1. The predicted octanol–water partition coefficient (Wildman–Crippen LogP) is 4.87. The molecule has 0 bridgehead atoms. The van der Waals surface area contributed by atoms with Crippen LogP contribution in [0.3, 0.4) is 0 Å². The van der Waals surface area contributed by atoms with E-state index in [1.54, 1.807) is 11.3 Å². The van der Waals surface area contributed by atoms with Crippen molar-refractivity contribution in [2.24, 2.45) is 0 Å². The number of aryl methyl sites for hydroxylation is 1. The second-order valence-electron chi connectivity index (χ2n) is 4.87. The Balaban J connectivity index is 1.66. The SMILES string of the molecule is OC(CCc1ccc2c(c1)CCO2)c1cc(Br)sc1Br. The Labute approximate surface area is 139 Å². The summed E-state index contributed by atoms with van der Waals surface area (Å²) in [5, 5.41) is 10.3. The van der Waals surface area contributed by atoms with E-state index in [1.165, 1.54) is 11.1 Å². The average Bonchev–Trinajstić information content (AvgIpc) is 3.01. The van der Waals surface area contributed by atoms with Crippen molar-refractivity contribution in [3.63, 3.8) is 0 Å². The van der Waals surface area contributed by atoms with E-state index < -0.39 is 6.10 Å². The summed E-state index contributed by atoms with van der Waals surface area (Å²) in [6.07, 6.45) is 2.15. The van der Waals surface area contributed by atoms with Gasteiger partial charge in [0.15, 0.2) is 0 Å². The van der Waals surface area contributed by atoms with E-state index in [0.717, 1.165) is 44.8 Å². The summed E-state index contributed by atoms with van der Waals surface area (Å²) in [5.41, 5.74) is 3.52. The number of thiophene rings is 1. The summed E-state index contributed by atoms with van der Waals surface area (Å²) in [5.74, 6) is 1.01. The van der Waals surface area contributed by atoms with Crippen molar-refractivity contribution in [3.05, 3.63) is 48.5 Å². The fourth-order valence-electron chi connectivity index (χ4n) is 2.43. The fourth-order valence-corrected chi connectivity index (χ4v) is 5.39. The van der Waals surface area contributed by atoms with E-state index >= 15 is 0 Å². The Hall–Kier alpha value is -0.360. The molecule has 0 spiro atoms. The van der Waals surface area contributed by atoms with Gasteiger partial charge in [0.25, 0.3) is 0 Å². The van der Waals surface area contributed by atoms with Crippen molar-refractivity contribution in [3.8, 4) is 5.75 Å². The minimum Gasteiger partial charge on any atom is -0.493 e. The Bertz CT molecular complexity index is 624. The average molecular weight is 418 g/mol. The van der Waals surface area contributed by atoms with Crippen molar-refractivity contribution in [2.45, 2.75) is 25.4 Å². The summed E-state index contributed by atoms with van der Waals surface area (Å²) in [6.45, 7) is 0.789. The van der Waals surface area contributed by atoms with E-state index in [-0.39, 0.29) is 0 Å². The predicted molar refractivity (Wildman–Crippen MR) is 88.6 cm³/mol. The second kappa shape index (κ2) is 6.18. The van der Waals surface area contributed by atoms with Gasteiger partial charge >= 0.3 is 0 Å². The summed E-state index contributed by atoms with van der Waals surface area (Å²) in [4.78, 5) is 0. The Kier molecular flexibility index (Phi) is 4.50. The number of hydrogen-bond donors (Lipinski definition) is 1. The molecule has 1 aromatic heterocycles. The molecule has 1 N–H and O–H groups in total. The Morgan fingerprint density at radius 2 is 2.15 bits per heavy atom. The van der Waals surface area contributed by atoms with Gasteiger partial charge in [-0.15, -0.1) is 11.3 Å². The molecule has 1 aliphatic rings. The molecule has 20 heavy (non-hydrogen) atoms. The maximum absolute atomic E-state index is 10.3. The first-order chi connectivity index (χ1) is 9.63. The zero-order valence-corrected chi connectivity index (χ0v) is 14.7. The van der Waals surface area contributed by atoms with Crippen LogP contribution in [0.15, 0.2) is 31.8 Å². The van der Waals surface area contributed by atoms with Crippen LogP contribution in [0.2, 0.25) is 0 Å². The van der Waals surface area contributed by atoms with Crippen molar-refractivity contribution < 1.29 is 9.84 Å². The number of aliphatic hydroxyl groups is 1. The van der Waals surface area contributed by atoms with E-state index in [2.05, 4.69) is 44.0 Å². The van der Waals surface area contributed by atoms with Crippen LogP contribution in [0, 0.1) is 0 Å². The van der Waals surface area contributed by atoms with Gasteiger partial charge in [-0.05, 0) is 68.0 Å². The smallest absolute Gasteiger partial charge is 0.122 e. The van der Waals surface area contributed by atoms with Crippen LogP contribution in [-0.2, 0) is 12.8 Å². The summed E-state index contributed by atoms with van der Waals surface area (Å²) >= 11 is 8.53. The van der Waals surface area contributed by atoms with Crippen molar-refractivity contribution in [2.75, 3.05) is 6.61 Å². The lowest BCUT2D eigenvalue weighted by molar-refractivity contribution is 0.167. The van der Waals surface area contributed by atoms with Crippen LogP contribution >= 0.6 is 43.2 Å². The van der Waals surface area contributed by atoms with Crippen molar-refractivity contribution in [1.82, 2.24) is 0 Å². The first-order valence-electron chi connectivity index (χ1n) is 6.51. The van der Waals surface area contributed by atoms with Gasteiger partial charge in [-0.25, -0.2) is 0 Å². The molecule has 106 valence electrons. The van der Waals surface area contributed by atoms with Gasteiger partial charge in [-0.1, -0.05) is 12.1 Å². The number of halogens is 2. The number of aliphatic hydroxyl groups excluding tert-OH is 1. The van der Waals surface area contributed by atoms with Gasteiger partial charge in [-0.3, -0.25) is 0 Å². The van der Waals surface area contributed by atoms with Crippen LogP contribution in [0.1, 0.15) is 29.2 Å². The van der Waals surface area contributed by atoms with E-state index in [9.17, 15) is 5.11 Å². The molecule has 0 aliphatic carbocycles. The van der Waals surface area contributed by atoms with Gasteiger partial charge in [0.05, 0.1) is 20.3 Å². The standard InChI is InChI=1S/C15H14Br2O2S/c16-14-8-11(15(17)20-14)12(18)3-1-9-2-4-13-10(7-9)5-6-19-13/h2,4,7-8,12,18H,1,3,5-6H2. The fraction of sp³-hybridized carbons (Fsp3) is 0.333. The molecule has 1 unspecified atom stereocenters. The highest BCUT2D eigenvalue weighted by Gasteiger charge is 2.16. The normalized spacial score (nSPS) is 14.9. The monoisotopic (exact) mass is 416 g/mol. The molecule has 0 saturated carbocycles. The molecule has 3 rings (SSSR count). The maximum Gasteiger partial charge on any atom is 0.122 e.